The third kappa shape index (κ3) is 2.81. The van der Waals surface area contributed by atoms with E-state index in [1.54, 1.807) is 0 Å². The Hall–Kier alpha value is -1.13. The normalized spacial score (nSPS) is 24.2. The summed E-state index contributed by atoms with van der Waals surface area (Å²) in [5.74, 6) is 1.22. The fourth-order valence-corrected chi connectivity index (χ4v) is 3.54. The lowest BCUT2D eigenvalue weighted by molar-refractivity contribution is 0.257. The molecule has 2 aliphatic rings. The maximum atomic E-state index is 4.71. The lowest BCUT2D eigenvalue weighted by Crippen LogP contribution is -2.44. The summed E-state index contributed by atoms with van der Waals surface area (Å²) in [6.45, 7) is 9.01. The molecule has 1 atom stereocenters. The van der Waals surface area contributed by atoms with Crippen LogP contribution >= 0.6 is 0 Å². The zero-order valence-electron chi connectivity index (χ0n) is 12.5. The van der Waals surface area contributed by atoms with Gasteiger partial charge in [0.1, 0.15) is 5.82 Å². The van der Waals surface area contributed by atoms with Crippen LogP contribution in [0.5, 0.6) is 0 Å². The van der Waals surface area contributed by atoms with E-state index < -0.39 is 0 Å². The van der Waals surface area contributed by atoms with E-state index in [0.717, 1.165) is 26.2 Å². The molecule has 1 aromatic heterocycles. The van der Waals surface area contributed by atoms with Gasteiger partial charge >= 0.3 is 0 Å². The SMILES string of the molecule is CCCN1CCC[C@H]1c1cccnc1N1CCNCC1. The number of nitrogens with one attached hydrogen (secondary N) is 1. The Morgan fingerprint density at radius 1 is 1.30 bits per heavy atom. The molecule has 0 unspecified atom stereocenters. The van der Waals surface area contributed by atoms with Crippen molar-refractivity contribution in [3.63, 3.8) is 0 Å². The minimum Gasteiger partial charge on any atom is -0.354 e. The van der Waals surface area contributed by atoms with Gasteiger partial charge in [0.05, 0.1) is 0 Å². The molecule has 3 rings (SSSR count). The van der Waals surface area contributed by atoms with E-state index in [2.05, 4.69) is 34.2 Å². The number of hydrogen-bond acceptors (Lipinski definition) is 4. The topological polar surface area (TPSA) is 31.4 Å². The van der Waals surface area contributed by atoms with Crippen molar-refractivity contribution in [2.75, 3.05) is 44.2 Å². The van der Waals surface area contributed by atoms with Crippen LogP contribution in [0.2, 0.25) is 0 Å². The predicted octanol–water partition coefficient (Wildman–Crippen LogP) is 2.04. The van der Waals surface area contributed by atoms with Gasteiger partial charge in [-0.25, -0.2) is 4.98 Å². The fraction of sp³-hybridized carbons (Fsp3) is 0.688. The van der Waals surface area contributed by atoms with Gasteiger partial charge in [0.15, 0.2) is 0 Å². The number of nitrogens with zero attached hydrogens (tertiary/aromatic N) is 3. The Morgan fingerprint density at radius 2 is 2.15 bits per heavy atom. The highest BCUT2D eigenvalue weighted by molar-refractivity contribution is 5.49. The van der Waals surface area contributed by atoms with Gasteiger partial charge < -0.3 is 10.2 Å². The van der Waals surface area contributed by atoms with Crippen LogP contribution in [0, 0.1) is 0 Å². The molecule has 1 aromatic rings. The highest BCUT2D eigenvalue weighted by Gasteiger charge is 2.29. The van der Waals surface area contributed by atoms with Crippen LogP contribution in [0.3, 0.4) is 0 Å². The van der Waals surface area contributed by atoms with Gasteiger partial charge in [0.25, 0.3) is 0 Å². The van der Waals surface area contributed by atoms with Gasteiger partial charge in [-0.1, -0.05) is 13.0 Å². The van der Waals surface area contributed by atoms with E-state index in [0.29, 0.717) is 6.04 Å². The van der Waals surface area contributed by atoms with Crippen LogP contribution in [-0.2, 0) is 0 Å². The molecule has 2 saturated heterocycles. The third-order valence-electron chi connectivity index (χ3n) is 4.47. The summed E-state index contributed by atoms with van der Waals surface area (Å²) < 4.78 is 0. The van der Waals surface area contributed by atoms with Crippen molar-refractivity contribution in [3.8, 4) is 0 Å². The molecule has 4 heteroatoms. The quantitative estimate of drug-likeness (QED) is 0.910. The molecular formula is C16H26N4. The molecule has 0 aliphatic carbocycles. The molecule has 0 aromatic carbocycles. The summed E-state index contributed by atoms with van der Waals surface area (Å²) in [5.41, 5.74) is 1.44. The Labute approximate surface area is 122 Å². The van der Waals surface area contributed by atoms with Crippen LogP contribution in [0.1, 0.15) is 37.8 Å². The van der Waals surface area contributed by atoms with Crippen LogP contribution in [0.15, 0.2) is 18.3 Å². The molecule has 110 valence electrons. The van der Waals surface area contributed by atoms with Crippen molar-refractivity contribution in [2.24, 2.45) is 0 Å². The summed E-state index contributed by atoms with van der Waals surface area (Å²) in [6.07, 6.45) is 5.78. The van der Waals surface area contributed by atoms with E-state index >= 15 is 0 Å². The molecule has 2 fully saturated rings. The molecular weight excluding hydrogens is 248 g/mol. The molecule has 1 N–H and O–H groups in total. The number of aromatic nitrogens is 1. The maximum absolute atomic E-state index is 4.71. The van der Waals surface area contributed by atoms with Crippen molar-refractivity contribution in [1.82, 2.24) is 15.2 Å². The molecule has 0 saturated carbocycles. The second kappa shape index (κ2) is 6.55. The van der Waals surface area contributed by atoms with E-state index in [4.69, 9.17) is 4.98 Å². The van der Waals surface area contributed by atoms with Crippen molar-refractivity contribution in [2.45, 2.75) is 32.2 Å². The molecule has 0 spiro atoms. The van der Waals surface area contributed by atoms with Gasteiger partial charge in [-0.2, -0.15) is 0 Å². The Bertz CT molecular complexity index is 428. The number of piperazine rings is 1. The van der Waals surface area contributed by atoms with Crippen molar-refractivity contribution in [1.29, 1.82) is 0 Å². The Balaban J connectivity index is 1.85. The number of hydrogen-bond donors (Lipinski definition) is 1. The van der Waals surface area contributed by atoms with E-state index in [-0.39, 0.29) is 0 Å². The first-order chi connectivity index (χ1) is 9.90. The molecule has 3 heterocycles. The highest BCUT2D eigenvalue weighted by atomic mass is 15.2. The average Bonchev–Trinajstić information content (AvgIpc) is 2.97. The second-order valence-corrected chi connectivity index (χ2v) is 5.85. The van der Waals surface area contributed by atoms with Gasteiger partial charge in [-0.15, -0.1) is 0 Å². The summed E-state index contributed by atoms with van der Waals surface area (Å²) in [4.78, 5) is 9.81. The lowest BCUT2D eigenvalue weighted by Gasteiger charge is -2.33. The number of pyridine rings is 1. The van der Waals surface area contributed by atoms with Crippen molar-refractivity contribution in [3.05, 3.63) is 23.9 Å². The first-order valence-electron chi connectivity index (χ1n) is 8.05. The predicted molar refractivity (Wildman–Crippen MR) is 83.2 cm³/mol. The third-order valence-corrected chi connectivity index (χ3v) is 4.47. The molecule has 0 amide bonds. The molecule has 0 bridgehead atoms. The average molecular weight is 274 g/mol. The highest BCUT2D eigenvalue weighted by Crippen LogP contribution is 2.36. The Kier molecular flexibility index (Phi) is 4.53. The monoisotopic (exact) mass is 274 g/mol. The van der Waals surface area contributed by atoms with Gasteiger partial charge in [0, 0.05) is 44.0 Å². The summed E-state index contributed by atoms with van der Waals surface area (Å²) in [7, 11) is 0. The molecule has 20 heavy (non-hydrogen) atoms. The summed E-state index contributed by atoms with van der Waals surface area (Å²) in [5, 5.41) is 3.42. The standard InChI is InChI=1S/C16H26N4/c1-2-10-19-11-4-6-15(19)14-5-3-7-18-16(14)20-12-8-17-9-13-20/h3,5,7,15,17H,2,4,6,8-13H2,1H3/t15-/m0/s1. The van der Waals surface area contributed by atoms with Crippen LogP contribution in [-0.4, -0.2) is 49.2 Å². The first kappa shape index (κ1) is 13.8. The molecule has 2 aliphatic heterocycles. The Morgan fingerprint density at radius 3 is 2.95 bits per heavy atom. The van der Waals surface area contributed by atoms with E-state index in [1.165, 1.54) is 43.7 Å². The van der Waals surface area contributed by atoms with Gasteiger partial charge in [-0.05, 0) is 38.4 Å². The number of rotatable bonds is 4. The summed E-state index contributed by atoms with van der Waals surface area (Å²) in [6, 6.07) is 4.97. The van der Waals surface area contributed by atoms with Crippen LogP contribution in [0.4, 0.5) is 5.82 Å². The van der Waals surface area contributed by atoms with Gasteiger partial charge in [0.2, 0.25) is 0 Å². The molecule has 0 radical (unpaired) electrons. The number of likely N-dealkylation sites (tertiary alicyclic amines) is 1. The van der Waals surface area contributed by atoms with Crippen molar-refractivity contribution < 1.29 is 0 Å². The lowest BCUT2D eigenvalue weighted by atomic mass is 10.0. The minimum atomic E-state index is 0.577. The van der Waals surface area contributed by atoms with Gasteiger partial charge in [-0.3, -0.25) is 4.90 Å². The summed E-state index contributed by atoms with van der Waals surface area (Å²) >= 11 is 0. The van der Waals surface area contributed by atoms with Crippen LogP contribution < -0.4 is 10.2 Å². The van der Waals surface area contributed by atoms with E-state index in [9.17, 15) is 0 Å². The number of anilines is 1. The van der Waals surface area contributed by atoms with Crippen LogP contribution in [0.25, 0.3) is 0 Å². The maximum Gasteiger partial charge on any atom is 0.133 e. The minimum absolute atomic E-state index is 0.577. The second-order valence-electron chi connectivity index (χ2n) is 5.85. The smallest absolute Gasteiger partial charge is 0.133 e. The largest absolute Gasteiger partial charge is 0.354 e. The molecule has 4 nitrogen and oxygen atoms in total. The van der Waals surface area contributed by atoms with E-state index in [1.807, 2.05) is 6.20 Å². The first-order valence-corrected chi connectivity index (χ1v) is 8.05. The fourth-order valence-electron chi connectivity index (χ4n) is 3.54. The zero-order valence-corrected chi connectivity index (χ0v) is 12.5. The zero-order chi connectivity index (χ0) is 13.8. The van der Waals surface area contributed by atoms with Crippen molar-refractivity contribution >= 4 is 5.82 Å².